The number of rotatable bonds is 5. The van der Waals surface area contributed by atoms with Gasteiger partial charge < -0.3 is 15.0 Å². The molecular formula is C17H19ClN4O2. The fourth-order valence-corrected chi connectivity index (χ4v) is 2.71. The zero-order valence-electron chi connectivity index (χ0n) is 13.2. The lowest BCUT2D eigenvalue weighted by Crippen LogP contribution is -2.41. The van der Waals surface area contributed by atoms with Crippen LogP contribution in [0, 0.1) is 0 Å². The molecule has 1 saturated heterocycles. The Morgan fingerprint density at radius 1 is 1.21 bits per heavy atom. The highest BCUT2D eigenvalue weighted by Crippen LogP contribution is 2.12. The summed E-state index contributed by atoms with van der Waals surface area (Å²) in [7, 11) is 0. The second-order valence-electron chi connectivity index (χ2n) is 5.52. The molecule has 1 aromatic heterocycles. The number of aromatic nitrogens is 2. The maximum absolute atomic E-state index is 12.3. The lowest BCUT2D eigenvalue weighted by atomic mass is 10.1. The van der Waals surface area contributed by atoms with E-state index < -0.39 is 0 Å². The minimum atomic E-state index is -0.101. The van der Waals surface area contributed by atoms with Crippen LogP contribution in [0.5, 0.6) is 0 Å². The van der Waals surface area contributed by atoms with Crippen LogP contribution in [-0.4, -0.2) is 53.9 Å². The standard InChI is InChI=1S/C17H19ClN4O2/c18-14-3-1-2-13(12-14)6-7-19-16-5-4-15(20-21-16)17(23)22-8-10-24-11-9-22/h1-5,12H,6-11H2,(H,19,21). The van der Waals surface area contributed by atoms with Crippen molar-refractivity contribution in [1.82, 2.24) is 15.1 Å². The van der Waals surface area contributed by atoms with E-state index in [1.165, 1.54) is 0 Å². The van der Waals surface area contributed by atoms with Crippen LogP contribution >= 0.6 is 11.6 Å². The third-order valence-corrected chi connectivity index (χ3v) is 4.03. The number of nitrogens with one attached hydrogen (secondary N) is 1. The molecule has 1 fully saturated rings. The van der Waals surface area contributed by atoms with Crippen molar-refractivity contribution in [3.63, 3.8) is 0 Å². The van der Waals surface area contributed by atoms with Crippen molar-refractivity contribution < 1.29 is 9.53 Å². The fraction of sp³-hybridized carbons (Fsp3) is 0.353. The number of morpholine rings is 1. The Kier molecular flexibility index (Phi) is 5.61. The van der Waals surface area contributed by atoms with Crippen molar-refractivity contribution >= 4 is 23.3 Å². The molecule has 1 aliphatic heterocycles. The van der Waals surface area contributed by atoms with Crippen molar-refractivity contribution in [1.29, 1.82) is 0 Å². The quantitative estimate of drug-likeness (QED) is 0.899. The van der Waals surface area contributed by atoms with Gasteiger partial charge in [-0.3, -0.25) is 4.79 Å². The van der Waals surface area contributed by atoms with Crippen molar-refractivity contribution in [3.8, 4) is 0 Å². The Morgan fingerprint density at radius 2 is 2.04 bits per heavy atom. The smallest absolute Gasteiger partial charge is 0.274 e. The van der Waals surface area contributed by atoms with E-state index in [4.69, 9.17) is 16.3 Å². The molecule has 1 aromatic carbocycles. The van der Waals surface area contributed by atoms with Gasteiger partial charge in [-0.1, -0.05) is 23.7 Å². The van der Waals surface area contributed by atoms with Gasteiger partial charge in [-0.2, -0.15) is 0 Å². The first-order valence-corrected chi connectivity index (χ1v) is 8.29. The van der Waals surface area contributed by atoms with Crippen LogP contribution in [0.25, 0.3) is 0 Å². The molecule has 0 spiro atoms. The Labute approximate surface area is 145 Å². The van der Waals surface area contributed by atoms with Gasteiger partial charge in [-0.25, -0.2) is 0 Å². The molecule has 0 bridgehead atoms. The van der Waals surface area contributed by atoms with Crippen LogP contribution in [-0.2, 0) is 11.2 Å². The molecule has 1 amide bonds. The van der Waals surface area contributed by atoms with Gasteiger partial charge in [-0.15, -0.1) is 10.2 Å². The second kappa shape index (κ2) is 8.08. The van der Waals surface area contributed by atoms with E-state index in [-0.39, 0.29) is 5.91 Å². The minimum Gasteiger partial charge on any atom is -0.378 e. The van der Waals surface area contributed by atoms with Crippen molar-refractivity contribution in [3.05, 3.63) is 52.7 Å². The number of hydrogen-bond acceptors (Lipinski definition) is 5. The van der Waals surface area contributed by atoms with Gasteiger partial charge in [0.2, 0.25) is 0 Å². The molecular weight excluding hydrogens is 328 g/mol. The molecule has 0 aliphatic carbocycles. The van der Waals surface area contributed by atoms with E-state index in [0.29, 0.717) is 44.4 Å². The van der Waals surface area contributed by atoms with Gasteiger partial charge in [0.1, 0.15) is 5.82 Å². The van der Waals surface area contributed by atoms with E-state index in [1.54, 1.807) is 17.0 Å². The molecule has 2 aromatic rings. The summed E-state index contributed by atoms with van der Waals surface area (Å²) < 4.78 is 5.24. The van der Waals surface area contributed by atoms with Crippen LogP contribution in [0.1, 0.15) is 16.1 Å². The largest absolute Gasteiger partial charge is 0.378 e. The van der Waals surface area contributed by atoms with Gasteiger partial charge in [0.15, 0.2) is 5.69 Å². The highest BCUT2D eigenvalue weighted by molar-refractivity contribution is 6.30. The number of carbonyl (C=O) groups is 1. The van der Waals surface area contributed by atoms with E-state index in [1.807, 2.05) is 24.3 Å². The first-order valence-electron chi connectivity index (χ1n) is 7.91. The molecule has 0 radical (unpaired) electrons. The normalized spacial score (nSPS) is 14.5. The highest BCUT2D eigenvalue weighted by Gasteiger charge is 2.19. The second-order valence-corrected chi connectivity index (χ2v) is 5.95. The van der Waals surface area contributed by atoms with Gasteiger partial charge in [0.05, 0.1) is 13.2 Å². The molecule has 0 atom stereocenters. The summed E-state index contributed by atoms with van der Waals surface area (Å²) in [6.45, 7) is 3.05. The molecule has 7 heteroatoms. The summed E-state index contributed by atoms with van der Waals surface area (Å²) in [6, 6.07) is 11.2. The van der Waals surface area contributed by atoms with E-state index in [0.717, 1.165) is 17.0 Å². The Bertz CT molecular complexity index is 687. The summed E-state index contributed by atoms with van der Waals surface area (Å²) in [4.78, 5) is 14.0. The summed E-state index contributed by atoms with van der Waals surface area (Å²) in [5.41, 5.74) is 1.51. The number of anilines is 1. The van der Waals surface area contributed by atoms with Crippen LogP contribution in [0.15, 0.2) is 36.4 Å². The van der Waals surface area contributed by atoms with Crippen LogP contribution < -0.4 is 5.32 Å². The van der Waals surface area contributed by atoms with Gasteiger partial charge >= 0.3 is 0 Å². The molecule has 2 heterocycles. The number of ether oxygens (including phenoxy) is 1. The third kappa shape index (κ3) is 4.43. The average Bonchev–Trinajstić information content (AvgIpc) is 2.63. The van der Waals surface area contributed by atoms with Gasteiger partial charge in [0, 0.05) is 24.7 Å². The lowest BCUT2D eigenvalue weighted by Gasteiger charge is -2.26. The molecule has 0 unspecified atom stereocenters. The average molecular weight is 347 g/mol. The van der Waals surface area contributed by atoms with Crippen molar-refractivity contribution in [2.45, 2.75) is 6.42 Å². The molecule has 24 heavy (non-hydrogen) atoms. The zero-order valence-corrected chi connectivity index (χ0v) is 14.0. The number of hydrogen-bond donors (Lipinski definition) is 1. The number of amides is 1. The Balaban J connectivity index is 1.51. The number of benzene rings is 1. The number of nitrogens with zero attached hydrogens (tertiary/aromatic N) is 3. The van der Waals surface area contributed by atoms with E-state index in [2.05, 4.69) is 15.5 Å². The SMILES string of the molecule is O=C(c1ccc(NCCc2cccc(Cl)c2)nn1)N1CCOCC1. The maximum Gasteiger partial charge on any atom is 0.274 e. The predicted molar refractivity (Wildman–Crippen MR) is 92.4 cm³/mol. The molecule has 126 valence electrons. The zero-order chi connectivity index (χ0) is 16.8. The van der Waals surface area contributed by atoms with Crippen LogP contribution in [0.2, 0.25) is 5.02 Å². The summed E-state index contributed by atoms with van der Waals surface area (Å²) in [5, 5.41) is 12.0. The van der Waals surface area contributed by atoms with Crippen LogP contribution in [0.3, 0.4) is 0 Å². The number of carbonyl (C=O) groups excluding carboxylic acids is 1. The van der Waals surface area contributed by atoms with Gasteiger partial charge in [-0.05, 0) is 36.2 Å². The summed E-state index contributed by atoms with van der Waals surface area (Å²) in [6.07, 6.45) is 0.830. The molecule has 1 aliphatic rings. The van der Waals surface area contributed by atoms with Gasteiger partial charge in [0.25, 0.3) is 5.91 Å². The lowest BCUT2D eigenvalue weighted by molar-refractivity contribution is 0.0298. The molecule has 6 nitrogen and oxygen atoms in total. The number of halogens is 1. The third-order valence-electron chi connectivity index (χ3n) is 3.79. The van der Waals surface area contributed by atoms with E-state index >= 15 is 0 Å². The Hall–Kier alpha value is -2.18. The first-order chi connectivity index (χ1) is 11.7. The summed E-state index contributed by atoms with van der Waals surface area (Å²) in [5.74, 6) is 0.548. The van der Waals surface area contributed by atoms with Crippen LogP contribution in [0.4, 0.5) is 5.82 Å². The maximum atomic E-state index is 12.3. The van der Waals surface area contributed by atoms with E-state index in [9.17, 15) is 4.79 Å². The van der Waals surface area contributed by atoms with Crippen molar-refractivity contribution in [2.24, 2.45) is 0 Å². The summed E-state index contributed by atoms with van der Waals surface area (Å²) >= 11 is 5.97. The van der Waals surface area contributed by atoms with Crippen molar-refractivity contribution in [2.75, 3.05) is 38.2 Å². The monoisotopic (exact) mass is 346 g/mol. The topological polar surface area (TPSA) is 67.4 Å². The predicted octanol–water partition coefficient (Wildman–Crippen LogP) is 2.26. The highest BCUT2D eigenvalue weighted by atomic mass is 35.5. The Morgan fingerprint density at radius 3 is 2.75 bits per heavy atom. The first kappa shape index (κ1) is 16.7. The molecule has 1 N–H and O–H groups in total. The molecule has 3 rings (SSSR count). The molecule has 0 saturated carbocycles. The minimum absolute atomic E-state index is 0.101. The fourth-order valence-electron chi connectivity index (χ4n) is 2.50.